The summed E-state index contributed by atoms with van der Waals surface area (Å²) in [5.74, 6) is 0.483. The van der Waals surface area contributed by atoms with Crippen LogP contribution in [-0.2, 0) is 21.2 Å². The monoisotopic (exact) mass is 461 g/mol. The summed E-state index contributed by atoms with van der Waals surface area (Å²) in [4.78, 5) is 14.3. The van der Waals surface area contributed by atoms with Gasteiger partial charge in [0.1, 0.15) is 17.5 Å². The van der Waals surface area contributed by atoms with E-state index >= 15 is 0 Å². The Kier molecular flexibility index (Phi) is 8.25. The predicted octanol–water partition coefficient (Wildman–Crippen LogP) is 3.02. The molecule has 174 valence electrons. The molecule has 0 bridgehead atoms. The molecule has 1 unspecified atom stereocenters. The van der Waals surface area contributed by atoms with Crippen molar-refractivity contribution in [1.29, 1.82) is 0 Å². The molecule has 0 aliphatic carbocycles. The smallest absolute Gasteiger partial charge is 0.261 e. The van der Waals surface area contributed by atoms with Gasteiger partial charge in [-0.25, -0.2) is 13.9 Å². The third-order valence-electron chi connectivity index (χ3n) is 5.55. The topological polar surface area (TPSA) is 99.2 Å². The van der Waals surface area contributed by atoms with Crippen molar-refractivity contribution >= 4 is 15.9 Å². The number of nitrogens with zero attached hydrogens (tertiary/aromatic N) is 2. The van der Waals surface area contributed by atoms with Gasteiger partial charge in [0, 0.05) is 13.1 Å². The predicted molar refractivity (Wildman–Crippen MR) is 121 cm³/mol. The maximum Gasteiger partial charge on any atom is 0.261 e. The second-order valence-corrected chi connectivity index (χ2v) is 10.1. The van der Waals surface area contributed by atoms with E-state index in [1.165, 1.54) is 22.0 Å². The van der Waals surface area contributed by atoms with Crippen LogP contribution in [-0.4, -0.2) is 62.0 Å². The number of carbonyl (C=O) groups is 1. The third kappa shape index (κ3) is 6.07. The van der Waals surface area contributed by atoms with E-state index < -0.39 is 22.0 Å². The average Bonchev–Trinajstić information content (AvgIpc) is 3.05. The normalized spacial score (nSPS) is 17.7. The first-order valence-electron chi connectivity index (χ1n) is 10.8. The number of hydroxylamine groups is 1. The van der Waals surface area contributed by atoms with Crippen LogP contribution in [0.2, 0.25) is 0 Å². The third-order valence-corrected chi connectivity index (χ3v) is 7.48. The van der Waals surface area contributed by atoms with Gasteiger partial charge in [-0.15, -0.1) is 0 Å². The molecule has 1 aliphatic heterocycles. The average molecular weight is 462 g/mol. The van der Waals surface area contributed by atoms with Crippen LogP contribution >= 0.6 is 0 Å². The van der Waals surface area contributed by atoms with Crippen LogP contribution in [0, 0.1) is 0 Å². The number of hydrogen-bond donors (Lipinski definition) is 2. The van der Waals surface area contributed by atoms with Crippen LogP contribution in [0.3, 0.4) is 0 Å². The number of likely N-dealkylation sites (N-methyl/N-ethyl adjacent to an activating group) is 1. The van der Waals surface area contributed by atoms with Crippen molar-refractivity contribution < 1.29 is 23.2 Å². The molecule has 3 rings (SSSR count). The number of benzene rings is 2. The fourth-order valence-electron chi connectivity index (χ4n) is 3.73. The van der Waals surface area contributed by atoms with Crippen molar-refractivity contribution in [1.82, 2.24) is 14.7 Å². The van der Waals surface area contributed by atoms with Crippen LogP contribution in [0.1, 0.15) is 31.2 Å². The number of sulfonamides is 1. The van der Waals surface area contributed by atoms with E-state index in [-0.39, 0.29) is 11.4 Å². The van der Waals surface area contributed by atoms with Crippen molar-refractivity contribution in [3.63, 3.8) is 0 Å². The van der Waals surface area contributed by atoms with Gasteiger partial charge < -0.3 is 9.64 Å². The highest BCUT2D eigenvalue weighted by Gasteiger charge is 2.36. The summed E-state index contributed by atoms with van der Waals surface area (Å²) in [5, 5.41) is 9.04. The van der Waals surface area contributed by atoms with Crippen molar-refractivity contribution in [2.24, 2.45) is 0 Å². The van der Waals surface area contributed by atoms with Gasteiger partial charge in [-0.2, -0.15) is 4.31 Å². The Morgan fingerprint density at radius 3 is 2.28 bits per heavy atom. The Balaban J connectivity index is 1.71. The second kappa shape index (κ2) is 10.9. The molecule has 1 amide bonds. The number of amides is 1. The molecule has 1 heterocycles. The van der Waals surface area contributed by atoms with Crippen molar-refractivity contribution in [3.8, 4) is 11.5 Å². The minimum atomic E-state index is -3.90. The van der Waals surface area contributed by atoms with E-state index in [0.29, 0.717) is 24.3 Å². The second-order valence-electron chi connectivity index (χ2n) is 8.23. The van der Waals surface area contributed by atoms with Crippen LogP contribution < -0.4 is 10.2 Å². The molecule has 0 spiro atoms. The maximum atomic E-state index is 13.2. The Bertz CT molecular complexity index is 991. The lowest BCUT2D eigenvalue weighted by Crippen LogP contribution is -2.48. The molecule has 0 aromatic heterocycles. The molecule has 8 nitrogen and oxygen atoms in total. The number of rotatable bonds is 8. The van der Waals surface area contributed by atoms with Gasteiger partial charge in [-0.05, 0) is 75.3 Å². The van der Waals surface area contributed by atoms with Gasteiger partial charge in [0.15, 0.2) is 0 Å². The molecule has 9 heteroatoms. The fraction of sp³-hybridized carbons (Fsp3) is 0.435. The number of nitrogens with one attached hydrogen (secondary N) is 1. The van der Waals surface area contributed by atoms with Crippen LogP contribution in [0.25, 0.3) is 0 Å². The van der Waals surface area contributed by atoms with Crippen molar-refractivity contribution in [2.75, 3.05) is 27.2 Å². The number of carbonyl (C=O) groups excluding carboxylic acids is 1. The quantitative estimate of drug-likeness (QED) is 0.463. The molecular weight excluding hydrogens is 430 g/mol. The van der Waals surface area contributed by atoms with Crippen LogP contribution in [0.4, 0.5) is 0 Å². The summed E-state index contributed by atoms with van der Waals surface area (Å²) in [6.45, 7) is 1.20. The van der Waals surface area contributed by atoms with Crippen molar-refractivity contribution in [3.05, 3.63) is 54.1 Å². The highest BCUT2D eigenvalue weighted by Crippen LogP contribution is 2.28. The van der Waals surface area contributed by atoms with Crippen LogP contribution in [0.5, 0.6) is 11.5 Å². The molecule has 2 N–H and O–H groups in total. The van der Waals surface area contributed by atoms with Gasteiger partial charge in [-0.1, -0.05) is 25.0 Å². The summed E-state index contributed by atoms with van der Waals surface area (Å²) in [6, 6.07) is 13.1. The first-order chi connectivity index (χ1) is 15.3. The molecule has 0 radical (unpaired) electrons. The molecule has 2 aromatic carbocycles. The van der Waals surface area contributed by atoms with E-state index in [1.54, 1.807) is 17.6 Å². The first kappa shape index (κ1) is 24.2. The fourth-order valence-corrected chi connectivity index (χ4v) is 5.39. The lowest BCUT2D eigenvalue weighted by atomic mass is 10.1. The zero-order valence-electron chi connectivity index (χ0n) is 18.5. The number of ether oxygens (including phenoxy) is 1. The zero-order chi connectivity index (χ0) is 23.1. The summed E-state index contributed by atoms with van der Waals surface area (Å²) in [5.41, 5.74) is 2.82. The molecule has 2 aromatic rings. The molecule has 1 fully saturated rings. The lowest BCUT2D eigenvalue weighted by Gasteiger charge is -2.27. The molecule has 1 aliphatic rings. The SMILES string of the molecule is CN(C)CCc1ccc(Oc2ccc(S(=O)(=O)N3CCCCCC3C(=O)NO)cc2)cc1. The standard InChI is InChI=1S/C23H31N3O5S/c1-25(2)17-15-18-7-9-19(10-8-18)31-20-11-13-21(14-12-20)32(29,30)26-16-5-3-4-6-22(26)23(27)24-28/h7-14,22,28H,3-6,15-17H2,1-2H3,(H,24,27). The highest BCUT2D eigenvalue weighted by molar-refractivity contribution is 7.89. The van der Waals surface area contributed by atoms with Gasteiger partial charge >= 0.3 is 0 Å². The van der Waals surface area contributed by atoms with Crippen molar-refractivity contribution in [2.45, 2.75) is 43.0 Å². The summed E-state index contributed by atoms with van der Waals surface area (Å²) in [6.07, 6.45) is 3.55. The Morgan fingerprint density at radius 2 is 1.69 bits per heavy atom. The minimum Gasteiger partial charge on any atom is -0.457 e. The zero-order valence-corrected chi connectivity index (χ0v) is 19.3. The van der Waals surface area contributed by atoms with E-state index in [1.807, 2.05) is 38.4 Å². The molecule has 0 saturated carbocycles. The molecule has 1 saturated heterocycles. The lowest BCUT2D eigenvalue weighted by molar-refractivity contribution is -0.133. The van der Waals surface area contributed by atoms with Crippen LogP contribution in [0.15, 0.2) is 53.4 Å². The maximum absolute atomic E-state index is 13.2. The molecule has 1 atom stereocenters. The van der Waals surface area contributed by atoms with E-state index in [4.69, 9.17) is 9.94 Å². The van der Waals surface area contributed by atoms with E-state index in [2.05, 4.69) is 4.90 Å². The molecule has 32 heavy (non-hydrogen) atoms. The van der Waals surface area contributed by atoms with Gasteiger partial charge in [0.25, 0.3) is 5.91 Å². The highest BCUT2D eigenvalue weighted by atomic mass is 32.2. The summed E-state index contributed by atoms with van der Waals surface area (Å²) >= 11 is 0. The largest absolute Gasteiger partial charge is 0.457 e. The van der Waals surface area contributed by atoms with Gasteiger partial charge in [-0.3, -0.25) is 10.0 Å². The van der Waals surface area contributed by atoms with Gasteiger partial charge in [0.2, 0.25) is 10.0 Å². The Hall–Kier alpha value is -2.46. The first-order valence-corrected chi connectivity index (χ1v) is 12.2. The number of hydrogen-bond acceptors (Lipinski definition) is 6. The summed E-state index contributed by atoms with van der Waals surface area (Å²) in [7, 11) is 0.178. The Morgan fingerprint density at radius 1 is 1.06 bits per heavy atom. The Labute approximate surface area is 189 Å². The van der Waals surface area contributed by atoms with Gasteiger partial charge in [0.05, 0.1) is 4.90 Å². The van der Waals surface area contributed by atoms with E-state index in [0.717, 1.165) is 25.8 Å². The van der Waals surface area contributed by atoms with E-state index in [9.17, 15) is 13.2 Å². The molecular formula is C23H31N3O5S. The minimum absolute atomic E-state index is 0.0847. The summed E-state index contributed by atoms with van der Waals surface area (Å²) < 4.78 is 33.5.